The molecule has 0 atom stereocenters. The highest BCUT2D eigenvalue weighted by molar-refractivity contribution is 5.97. The van der Waals surface area contributed by atoms with Crippen LogP contribution in [-0.4, -0.2) is 30.1 Å². The summed E-state index contributed by atoms with van der Waals surface area (Å²) < 4.78 is 16.1. The fourth-order valence-corrected chi connectivity index (χ4v) is 3.01. The summed E-state index contributed by atoms with van der Waals surface area (Å²) in [4.78, 5) is 22.2. The highest BCUT2D eigenvalue weighted by Crippen LogP contribution is 2.37. The molecule has 2 aliphatic rings. The van der Waals surface area contributed by atoms with Crippen LogP contribution in [0.4, 0.5) is 11.4 Å². The van der Waals surface area contributed by atoms with Crippen LogP contribution in [0.3, 0.4) is 0 Å². The molecule has 31 heavy (non-hydrogen) atoms. The number of anilines is 2. The summed E-state index contributed by atoms with van der Waals surface area (Å²) >= 11 is 0. The van der Waals surface area contributed by atoms with E-state index in [-0.39, 0.29) is 30.8 Å². The molecule has 0 fully saturated rings. The Morgan fingerprint density at radius 3 is 2.10 bits per heavy atom. The molecule has 8 nitrogen and oxygen atoms in total. The highest BCUT2D eigenvalue weighted by atomic mass is 16.5. The number of nitrogens with one attached hydrogen (secondary N) is 2. The Morgan fingerprint density at radius 1 is 0.774 bits per heavy atom. The van der Waals surface area contributed by atoms with Crippen molar-refractivity contribution in [1.82, 2.24) is 0 Å². The fraction of sp³-hybridized carbons (Fsp3) is 0.130. The van der Waals surface area contributed by atoms with Crippen LogP contribution in [0.25, 0.3) is 0 Å². The third-order valence-electron chi connectivity index (χ3n) is 4.48. The number of hydrogen-bond acceptors (Lipinski definition) is 6. The Morgan fingerprint density at radius 2 is 1.39 bits per heavy atom. The largest absolute Gasteiger partial charge is 0.506 e. The zero-order valence-electron chi connectivity index (χ0n) is 16.5. The number of para-hydroxylation sites is 2. The molecule has 5 rings (SSSR count). The monoisotopic (exact) mass is 420 g/mol. The van der Waals surface area contributed by atoms with Crippen molar-refractivity contribution >= 4 is 23.2 Å². The Kier molecular flexibility index (Phi) is 5.89. The molecule has 0 saturated heterocycles. The molecule has 0 spiro atoms. The predicted octanol–water partition coefficient (Wildman–Crippen LogP) is 3.32. The van der Waals surface area contributed by atoms with Gasteiger partial charge in [-0.2, -0.15) is 0 Å². The first-order chi connectivity index (χ1) is 15.1. The smallest absolute Gasteiger partial charge is 0.262 e. The number of aromatic hydroxyl groups is 1. The Balaban J connectivity index is 0.000000166. The minimum atomic E-state index is -0.246. The molecule has 158 valence electrons. The van der Waals surface area contributed by atoms with Gasteiger partial charge in [0.15, 0.2) is 13.2 Å². The SMILES string of the molecule is O=C1COc2cccc(O)c2N1.O=C1COc2cccc(OCc3ccccc3)c2N1. The van der Waals surface area contributed by atoms with Gasteiger partial charge >= 0.3 is 0 Å². The van der Waals surface area contributed by atoms with Gasteiger partial charge in [-0.3, -0.25) is 9.59 Å². The van der Waals surface area contributed by atoms with Crippen LogP contribution in [0.2, 0.25) is 0 Å². The lowest BCUT2D eigenvalue weighted by Crippen LogP contribution is -2.25. The van der Waals surface area contributed by atoms with Crippen LogP contribution in [0.15, 0.2) is 66.7 Å². The van der Waals surface area contributed by atoms with Crippen LogP contribution in [0.5, 0.6) is 23.0 Å². The second-order valence-electron chi connectivity index (χ2n) is 6.73. The van der Waals surface area contributed by atoms with Crippen molar-refractivity contribution in [2.75, 3.05) is 23.8 Å². The zero-order chi connectivity index (χ0) is 21.6. The van der Waals surface area contributed by atoms with Crippen molar-refractivity contribution in [3.63, 3.8) is 0 Å². The fourth-order valence-electron chi connectivity index (χ4n) is 3.01. The maximum Gasteiger partial charge on any atom is 0.262 e. The van der Waals surface area contributed by atoms with Gasteiger partial charge in [0.25, 0.3) is 11.8 Å². The lowest BCUT2D eigenvalue weighted by molar-refractivity contribution is -0.119. The van der Waals surface area contributed by atoms with Crippen molar-refractivity contribution in [3.8, 4) is 23.0 Å². The van der Waals surface area contributed by atoms with Crippen molar-refractivity contribution < 1.29 is 28.9 Å². The van der Waals surface area contributed by atoms with Gasteiger partial charge in [-0.15, -0.1) is 0 Å². The third kappa shape index (κ3) is 4.87. The number of fused-ring (bicyclic) bond motifs is 2. The molecule has 0 saturated carbocycles. The average molecular weight is 420 g/mol. The summed E-state index contributed by atoms with van der Waals surface area (Å²) in [6, 6.07) is 20.2. The Labute approximate surface area is 178 Å². The van der Waals surface area contributed by atoms with Gasteiger partial charge in [0, 0.05) is 0 Å². The maximum absolute atomic E-state index is 11.4. The minimum Gasteiger partial charge on any atom is -0.506 e. The molecular weight excluding hydrogens is 400 g/mol. The van der Waals surface area contributed by atoms with Crippen LogP contribution < -0.4 is 24.8 Å². The van der Waals surface area contributed by atoms with Crippen molar-refractivity contribution in [1.29, 1.82) is 0 Å². The van der Waals surface area contributed by atoms with E-state index in [1.165, 1.54) is 6.07 Å². The van der Waals surface area contributed by atoms with E-state index in [9.17, 15) is 14.7 Å². The van der Waals surface area contributed by atoms with E-state index in [0.29, 0.717) is 35.2 Å². The van der Waals surface area contributed by atoms with Crippen LogP contribution >= 0.6 is 0 Å². The summed E-state index contributed by atoms with van der Waals surface area (Å²) in [5.74, 6) is 1.39. The first kappa shape index (κ1) is 20.1. The van der Waals surface area contributed by atoms with Gasteiger partial charge in [0.05, 0.1) is 0 Å². The zero-order valence-corrected chi connectivity index (χ0v) is 16.5. The third-order valence-corrected chi connectivity index (χ3v) is 4.48. The van der Waals surface area contributed by atoms with E-state index >= 15 is 0 Å². The first-order valence-corrected chi connectivity index (χ1v) is 9.57. The Hall–Kier alpha value is -4.20. The first-order valence-electron chi connectivity index (χ1n) is 9.57. The number of amides is 2. The lowest BCUT2D eigenvalue weighted by Gasteiger charge is -2.20. The molecule has 0 aliphatic carbocycles. The maximum atomic E-state index is 11.4. The van der Waals surface area contributed by atoms with Crippen molar-refractivity contribution in [2.45, 2.75) is 6.61 Å². The average Bonchev–Trinajstić information content (AvgIpc) is 2.79. The molecule has 2 aliphatic heterocycles. The quantitative estimate of drug-likeness (QED) is 0.562. The molecule has 2 amide bonds. The van der Waals surface area contributed by atoms with Crippen molar-refractivity contribution in [2.24, 2.45) is 0 Å². The van der Waals surface area contributed by atoms with E-state index < -0.39 is 0 Å². The van der Waals surface area contributed by atoms with Gasteiger partial charge in [0.1, 0.15) is 41.0 Å². The van der Waals surface area contributed by atoms with E-state index in [4.69, 9.17) is 14.2 Å². The van der Waals surface area contributed by atoms with Gasteiger partial charge < -0.3 is 30.0 Å². The number of hydrogen-bond donors (Lipinski definition) is 3. The Bertz CT molecular complexity index is 1100. The highest BCUT2D eigenvalue weighted by Gasteiger charge is 2.20. The molecule has 0 radical (unpaired) electrons. The van der Waals surface area contributed by atoms with Crippen LogP contribution in [-0.2, 0) is 16.2 Å². The molecule has 3 N–H and O–H groups in total. The van der Waals surface area contributed by atoms with E-state index in [2.05, 4.69) is 10.6 Å². The topological polar surface area (TPSA) is 106 Å². The van der Waals surface area contributed by atoms with E-state index in [0.717, 1.165) is 5.56 Å². The van der Waals surface area contributed by atoms with E-state index in [1.54, 1.807) is 12.1 Å². The van der Waals surface area contributed by atoms with Crippen LogP contribution in [0, 0.1) is 0 Å². The summed E-state index contributed by atoms with van der Waals surface area (Å²) in [6.45, 7) is 0.513. The molecule has 3 aromatic carbocycles. The molecule has 0 bridgehead atoms. The lowest BCUT2D eigenvalue weighted by atomic mass is 10.2. The summed E-state index contributed by atoms with van der Waals surface area (Å²) in [5.41, 5.74) is 2.03. The number of ether oxygens (including phenoxy) is 3. The molecule has 2 heterocycles. The molecule has 0 unspecified atom stereocenters. The number of carbonyl (C=O) groups is 2. The summed E-state index contributed by atoms with van der Waals surface area (Å²) in [5, 5.41) is 14.6. The summed E-state index contributed by atoms with van der Waals surface area (Å²) in [7, 11) is 0. The van der Waals surface area contributed by atoms with Gasteiger partial charge in [-0.1, -0.05) is 42.5 Å². The van der Waals surface area contributed by atoms with Gasteiger partial charge in [0.2, 0.25) is 0 Å². The number of carbonyl (C=O) groups excluding carboxylic acids is 2. The van der Waals surface area contributed by atoms with Gasteiger partial charge in [-0.25, -0.2) is 0 Å². The minimum absolute atomic E-state index is 0.0104. The number of phenols is 1. The van der Waals surface area contributed by atoms with Crippen molar-refractivity contribution in [3.05, 3.63) is 72.3 Å². The standard InChI is InChI=1S/C15H13NO3.C8H7NO3/c17-14-10-19-13-8-4-7-12(15(13)16-14)18-9-11-5-2-1-3-6-11;10-5-2-1-3-6-8(5)9-7(11)4-12-6/h1-8H,9-10H2,(H,16,17);1-3,10H,4H2,(H,9,11). The van der Waals surface area contributed by atoms with Gasteiger partial charge in [-0.05, 0) is 29.8 Å². The number of benzene rings is 3. The molecule has 3 aromatic rings. The van der Waals surface area contributed by atoms with E-state index in [1.807, 2.05) is 48.5 Å². The normalized spacial score (nSPS) is 13.7. The predicted molar refractivity (Wildman–Crippen MR) is 114 cm³/mol. The number of rotatable bonds is 3. The second kappa shape index (κ2) is 9.08. The molecular formula is C23H20N2O6. The second-order valence-corrected chi connectivity index (χ2v) is 6.73. The molecule has 8 heteroatoms. The summed E-state index contributed by atoms with van der Waals surface area (Å²) in [6.07, 6.45) is 0. The molecule has 0 aromatic heterocycles. The van der Waals surface area contributed by atoms with Crippen LogP contribution in [0.1, 0.15) is 5.56 Å². The number of phenolic OH excluding ortho intramolecular Hbond substituents is 1.